The number of hydrogen-bond acceptors (Lipinski definition) is 2. The van der Waals surface area contributed by atoms with Crippen molar-refractivity contribution < 1.29 is 9.90 Å². The Morgan fingerprint density at radius 1 is 1.64 bits per heavy atom. The van der Waals surface area contributed by atoms with E-state index in [0.29, 0.717) is 0 Å². The van der Waals surface area contributed by atoms with Gasteiger partial charge in [-0.05, 0) is 26.9 Å². The normalized spacial score (nSPS) is 13.5. The molecule has 1 N–H and O–H groups in total. The molecule has 66 valence electrons. The summed E-state index contributed by atoms with van der Waals surface area (Å²) in [5.41, 5.74) is 0. The van der Waals surface area contributed by atoms with Crippen LogP contribution < -0.4 is 0 Å². The Hall–Kier alpha value is -0.570. The molecule has 3 nitrogen and oxygen atoms in total. The Balaban J connectivity index is 3.63. The van der Waals surface area contributed by atoms with Crippen LogP contribution >= 0.6 is 0 Å². The van der Waals surface area contributed by atoms with Crippen molar-refractivity contribution in [2.45, 2.75) is 32.7 Å². The fourth-order valence-corrected chi connectivity index (χ4v) is 0.790. The standard InChI is InChI=1S/C8H17NO2/c1-4-5-6-9(3)7(2)8(10)11/h7H,4-6H2,1-3H3,(H,10,11)/t7-/m0/s1. The fourth-order valence-electron chi connectivity index (χ4n) is 0.790. The molecule has 0 bridgehead atoms. The maximum atomic E-state index is 10.5. The van der Waals surface area contributed by atoms with Gasteiger partial charge in [0, 0.05) is 0 Å². The highest BCUT2D eigenvalue weighted by atomic mass is 16.4. The predicted molar refractivity (Wildman–Crippen MR) is 44.6 cm³/mol. The summed E-state index contributed by atoms with van der Waals surface area (Å²) >= 11 is 0. The molecule has 0 amide bonds. The molecule has 0 aromatic heterocycles. The number of rotatable bonds is 5. The van der Waals surface area contributed by atoms with E-state index in [9.17, 15) is 4.79 Å². The van der Waals surface area contributed by atoms with Crippen molar-refractivity contribution in [1.29, 1.82) is 0 Å². The predicted octanol–water partition coefficient (Wildman–Crippen LogP) is 1.19. The van der Waals surface area contributed by atoms with Crippen molar-refractivity contribution in [2.75, 3.05) is 13.6 Å². The highest BCUT2D eigenvalue weighted by Crippen LogP contribution is 1.98. The van der Waals surface area contributed by atoms with E-state index >= 15 is 0 Å². The Morgan fingerprint density at radius 2 is 2.18 bits per heavy atom. The number of carbonyl (C=O) groups is 1. The van der Waals surface area contributed by atoms with Crippen LogP contribution in [0.4, 0.5) is 0 Å². The molecule has 0 aromatic carbocycles. The van der Waals surface area contributed by atoms with Crippen LogP contribution in [0.1, 0.15) is 26.7 Å². The third kappa shape index (κ3) is 3.98. The van der Waals surface area contributed by atoms with Gasteiger partial charge in [0.25, 0.3) is 0 Å². The van der Waals surface area contributed by atoms with Gasteiger partial charge in [-0.25, -0.2) is 0 Å². The largest absolute Gasteiger partial charge is 0.480 e. The first-order chi connectivity index (χ1) is 5.09. The van der Waals surface area contributed by atoms with Gasteiger partial charge in [0.2, 0.25) is 0 Å². The number of likely N-dealkylation sites (N-methyl/N-ethyl adjacent to an activating group) is 1. The second-order valence-electron chi connectivity index (χ2n) is 2.85. The highest BCUT2D eigenvalue weighted by Gasteiger charge is 2.15. The van der Waals surface area contributed by atoms with E-state index in [-0.39, 0.29) is 6.04 Å². The summed E-state index contributed by atoms with van der Waals surface area (Å²) in [5, 5.41) is 8.61. The molecule has 11 heavy (non-hydrogen) atoms. The molecule has 0 aliphatic carbocycles. The van der Waals surface area contributed by atoms with Crippen molar-refractivity contribution in [1.82, 2.24) is 4.90 Å². The third-order valence-corrected chi connectivity index (χ3v) is 1.88. The van der Waals surface area contributed by atoms with Crippen LogP contribution in [0, 0.1) is 0 Å². The number of hydrogen-bond donors (Lipinski definition) is 1. The first-order valence-electron chi connectivity index (χ1n) is 4.02. The van der Waals surface area contributed by atoms with Gasteiger partial charge in [-0.15, -0.1) is 0 Å². The highest BCUT2D eigenvalue weighted by molar-refractivity contribution is 5.72. The lowest BCUT2D eigenvalue weighted by atomic mass is 10.2. The van der Waals surface area contributed by atoms with E-state index in [4.69, 9.17) is 5.11 Å². The molecule has 0 radical (unpaired) electrons. The molecule has 0 aliphatic rings. The minimum Gasteiger partial charge on any atom is -0.480 e. The topological polar surface area (TPSA) is 40.5 Å². The van der Waals surface area contributed by atoms with Crippen LogP contribution in [0.15, 0.2) is 0 Å². The number of carboxylic acid groups (broad SMARTS) is 1. The molecule has 0 unspecified atom stereocenters. The zero-order valence-electron chi connectivity index (χ0n) is 7.50. The van der Waals surface area contributed by atoms with Gasteiger partial charge in [0.15, 0.2) is 0 Å². The van der Waals surface area contributed by atoms with Crippen molar-refractivity contribution >= 4 is 5.97 Å². The van der Waals surface area contributed by atoms with Crippen molar-refractivity contribution in [3.63, 3.8) is 0 Å². The summed E-state index contributed by atoms with van der Waals surface area (Å²) in [4.78, 5) is 12.3. The summed E-state index contributed by atoms with van der Waals surface area (Å²) < 4.78 is 0. The molecule has 0 aromatic rings. The van der Waals surface area contributed by atoms with E-state index in [2.05, 4.69) is 6.92 Å². The lowest BCUT2D eigenvalue weighted by Crippen LogP contribution is -2.36. The lowest BCUT2D eigenvalue weighted by molar-refractivity contribution is -0.142. The van der Waals surface area contributed by atoms with Crippen LogP contribution in [0.25, 0.3) is 0 Å². The SMILES string of the molecule is CCCCN(C)[C@@H](C)C(=O)O. The van der Waals surface area contributed by atoms with Crippen molar-refractivity contribution in [3.8, 4) is 0 Å². The molecule has 3 heteroatoms. The van der Waals surface area contributed by atoms with Crippen molar-refractivity contribution in [2.24, 2.45) is 0 Å². The molecule has 0 rings (SSSR count). The van der Waals surface area contributed by atoms with Gasteiger partial charge >= 0.3 is 5.97 Å². The van der Waals surface area contributed by atoms with E-state index in [1.165, 1.54) is 0 Å². The third-order valence-electron chi connectivity index (χ3n) is 1.88. The van der Waals surface area contributed by atoms with E-state index in [0.717, 1.165) is 19.4 Å². The fraction of sp³-hybridized carbons (Fsp3) is 0.875. The molecule has 0 heterocycles. The first kappa shape index (κ1) is 10.4. The molecular weight excluding hydrogens is 142 g/mol. The van der Waals surface area contributed by atoms with Gasteiger partial charge in [-0.2, -0.15) is 0 Å². The molecule has 0 saturated carbocycles. The van der Waals surface area contributed by atoms with Gasteiger partial charge in [-0.3, -0.25) is 9.69 Å². The average Bonchev–Trinajstić information content (AvgIpc) is 1.98. The van der Waals surface area contributed by atoms with Crippen LogP contribution in [-0.2, 0) is 4.79 Å². The van der Waals surface area contributed by atoms with E-state index in [1.807, 2.05) is 11.9 Å². The number of carboxylic acids is 1. The number of aliphatic carboxylic acids is 1. The quantitative estimate of drug-likeness (QED) is 0.655. The molecule has 0 fully saturated rings. The molecular formula is C8H17NO2. The molecule has 0 spiro atoms. The van der Waals surface area contributed by atoms with Crippen LogP contribution in [0.3, 0.4) is 0 Å². The maximum absolute atomic E-state index is 10.5. The van der Waals surface area contributed by atoms with Gasteiger partial charge < -0.3 is 5.11 Å². The second-order valence-corrected chi connectivity index (χ2v) is 2.85. The molecule has 0 aliphatic heterocycles. The zero-order valence-corrected chi connectivity index (χ0v) is 7.50. The minimum absolute atomic E-state index is 0.360. The minimum atomic E-state index is -0.747. The Bertz CT molecular complexity index is 125. The lowest BCUT2D eigenvalue weighted by Gasteiger charge is -2.20. The summed E-state index contributed by atoms with van der Waals surface area (Å²) in [6, 6.07) is -0.360. The van der Waals surface area contributed by atoms with Crippen molar-refractivity contribution in [3.05, 3.63) is 0 Å². The number of nitrogens with zero attached hydrogens (tertiary/aromatic N) is 1. The van der Waals surface area contributed by atoms with Crippen LogP contribution in [0.2, 0.25) is 0 Å². The first-order valence-corrected chi connectivity index (χ1v) is 4.02. The Morgan fingerprint density at radius 3 is 2.55 bits per heavy atom. The van der Waals surface area contributed by atoms with Gasteiger partial charge in [0.05, 0.1) is 0 Å². The Labute approximate surface area is 68.0 Å². The summed E-state index contributed by atoms with van der Waals surface area (Å²) in [5.74, 6) is -0.747. The summed E-state index contributed by atoms with van der Waals surface area (Å²) in [6.07, 6.45) is 2.17. The summed E-state index contributed by atoms with van der Waals surface area (Å²) in [6.45, 7) is 4.67. The average molecular weight is 159 g/mol. The van der Waals surface area contributed by atoms with Crippen LogP contribution in [-0.4, -0.2) is 35.6 Å². The van der Waals surface area contributed by atoms with E-state index < -0.39 is 5.97 Å². The zero-order chi connectivity index (χ0) is 8.85. The molecule has 1 atom stereocenters. The summed E-state index contributed by atoms with van der Waals surface area (Å²) in [7, 11) is 1.84. The van der Waals surface area contributed by atoms with Crippen LogP contribution in [0.5, 0.6) is 0 Å². The monoisotopic (exact) mass is 159 g/mol. The number of unbranched alkanes of at least 4 members (excludes halogenated alkanes) is 1. The van der Waals surface area contributed by atoms with E-state index in [1.54, 1.807) is 6.92 Å². The Kier molecular flexibility index (Phi) is 4.86. The van der Waals surface area contributed by atoms with Gasteiger partial charge in [0.1, 0.15) is 6.04 Å². The maximum Gasteiger partial charge on any atom is 0.320 e. The molecule has 0 saturated heterocycles. The van der Waals surface area contributed by atoms with Gasteiger partial charge in [-0.1, -0.05) is 13.3 Å². The smallest absolute Gasteiger partial charge is 0.320 e. The second kappa shape index (κ2) is 5.13.